The molecule has 0 bridgehead atoms. The summed E-state index contributed by atoms with van der Waals surface area (Å²) < 4.78 is 18.9. The Kier molecular flexibility index (Phi) is 6.26. The topological polar surface area (TPSA) is 55.4 Å². The van der Waals surface area contributed by atoms with Crippen LogP contribution in [0.2, 0.25) is 0 Å². The molecule has 0 aliphatic heterocycles. The summed E-state index contributed by atoms with van der Waals surface area (Å²) in [5.41, 5.74) is 1.11. The average Bonchev–Trinajstić information content (AvgIpc) is 2.54. The van der Waals surface area contributed by atoms with Crippen molar-refractivity contribution in [2.45, 2.75) is 13.0 Å². The van der Waals surface area contributed by atoms with Crippen LogP contribution in [0, 0.1) is 5.82 Å². The fourth-order valence-corrected chi connectivity index (χ4v) is 2.26. The van der Waals surface area contributed by atoms with E-state index in [0.717, 1.165) is 10.0 Å². The summed E-state index contributed by atoms with van der Waals surface area (Å²) in [5, 5.41) is 2.48. The van der Waals surface area contributed by atoms with Gasteiger partial charge in [-0.15, -0.1) is 0 Å². The van der Waals surface area contributed by atoms with Crippen molar-refractivity contribution < 1.29 is 18.7 Å². The molecule has 0 aliphatic rings. The van der Waals surface area contributed by atoms with Crippen LogP contribution >= 0.6 is 15.9 Å². The van der Waals surface area contributed by atoms with Crippen molar-refractivity contribution in [1.29, 1.82) is 0 Å². The summed E-state index contributed by atoms with van der Waals surface area (Å²) >= 11 is 3.37. The summed E-state index contributed by atoms with van der Waals surface area (Å²) in [7, 11) is 0. The molecule has 2 aromatic rings. The number of anilines is 1. The quantitative estimate of drug-likeness (QED) is 0.614. The fraction of sp³-hybridized carbons (Fsp3) is 0.111. The van der Waals surface area contributed by atoms with Gasteiger partial charge in [0.25, 0.3) is 5.91 Å². The smallest absolute Gasteiger partial charge is 0.331 e. The average molecular weight is 392 g/mol. The highest BCUT2D eigenvalue weighted by molar-refractivity contribution is 9.10. The van der Waals surface area contributed by atoms with E-state index >= 15 is 0 Å². The number of nitrogens with one attached hydrogen (secondary N) is 1. The molecule has 0 saturated heterocycles. The molecule has 1 atom stereocenters. The second-order valence-electron chi connectivity index (χ2n) is 4.93. The number of carbonyl (C=O) groups is 2. The summed E-state index contributed by atoms with van der Waals surface area (Å²) in [6.45, 7) is 1.44. The SMILES string of the molecule is C[C@@H](OC(=O)/C=C/c1ccccc1Br)C(=O)Nc1cccc(F)c1. The molecule has 0 aliphatic carbocycles. The maximum atomic E-state index is 13.1. The van der Waals surface area contributed by atoms with E-state index in [2.05, 4.69) is 21.2 Å². The third kappa shape index (κ3) is 5.31. The van der Waals surface area contributed by atoms with Crippen LogP contribution in [0.25, 0.3) is 6.08 Å². The number of amides is 1. The predicted molar refractivity (Wildman–Crippen MR) is 93.8 cm³/mol. The lowest BCUT2D eigenvalue weighted by Gasteiger charge is -2.12. The van der Waals surface area contributed by atoms with E-state index in [-0.39, 0.29) is 0 Å². The van der Waals surface area contributed by atoms with Crippen LogP contribution in [0.5, 0.6) is 0 Å². The monoisotopic (exact) mass is 391 g/mol. The number of benzene rings is 2. The Bertz CT molecular complexity index is 776. The van der Waals surface area contributed by atoms with Gasteiger partial charge in [0.2, 0.25) is 0 Å². The predicted octanol–water partition coefficient (Wildman–Crippen LogP) is 4.17. The van der Waals surface area contributed by atoms with Crippen molar-refractivity contribution in [3.05, 3.63) is 70.5 Å². The van der Waals surface area contributed by atoms with E-state index in [1.54, 1.807) is 12.1 Å². The molecule has 0 unspecified atom stereocenters. The Hall–Kier alpha value is -2.47. The van der Waals surface area contributed by atoms with Crippen molar-refractivity contribution in [3.63, 3.8) is 0 Å². The van der Waals surface area contributed by atoms with Gasteiger partial charge in [-0.05, 0) is 42.8 Å². The number of hydrogen-bond donors (Lipinski definition) is 1. The molecule has 1 amide bonds. The van der Waals surface area contributed by atoms with Crippen LogP contribution in [0.15, 0.2) is 59.1 Å². The van der Waals surface area contributed by atoms with Crippen LogP contribution in [-0.4, -0.2) is 18.0 Å². The molecule has 2 rings (SSSR count). The summed E-state index contributed by atoms with van der Waals surface area (Å²) in [5.74, 6) is -1.65. The summed E-state index contributed by atoms with van der Waals surface area (Å²) in [6.07, 6.45) is 1.82. The number of hydrogen-bond acceptors (Lipinski definition) is 3. The highest BCUT2D eigenvalue weighted by Gasteiger charge is 2.16. The highest BCUT2D eigenvalue weighted by Crippen LogP contribution is 2.17. The van der Waals surface area contributed by atoms with E-state index in [9.17, 15) is 14.0 Å². The minimum Gasteiger partial charge on any atom is -0.449 e. The van der Waals surface area contributed by atoms with Gasteiger partial charge in [-0.1, -0.05) is 40.2 Å². The molecule has 0 saturated carbocycles. The second kappa shape index (κ2) is 8.40. The molecule has 0 heterocycles. The van der Waals surface area contributed by atoms with Crippen molar-refractivity contribution in [1.82, 2.24) is 0 Å². The largest absolute Gasteiger partial charge is 0.449 e. The van der Waals surface area contributed by atoms with Gasteiger partial charge in [-0.3, -0.25) is 4.79 Å². The van der Waals surface area contributed by atoms with E-state index in [1.807, 2.05) is 24.3 Å². The Labute approximate surface area is 147 Å². The van der Waals surface area contributed by atoms with Crippen LogP contribution < -0.4 is 5.32 Å². The van der Waals surface area contributed by atoms with Crippen molar-refractivity contribution in [2.75, 3.05) is 5.32 Å². The fourth-order valence-electron chi connectivity index (χ4n) is 1.85. The molecule has 0 radical (unpaired) electrons. The zero-order chi connectivity index (χ0) is 17.5. The van der Waals surface area contributed by atoms with E-state index in [1.165, 1.54) is 31.2 Å². The first-order valence-corrected chi connectivity index (χ1v) is 7.94. The zero-order valence-electron chi connectivity index (χ0n) is 12.8. The molecule has 1 N–H and O–H groups in total. The van der Waals surface area contributed by atoms with Crippen molar-refractivity contribution >= 4 is 39.6 Å². The molecule has 2 aromatic carbocycles. The Morgan fingerprint density at radius 3 is 2.67 bits per heavy atom. The van der Waals surface area contributed by atoms with Crippen molar-refractivity contribution in [3.8, 4) is 0 Å². The Morgan fingerprint density at radius 2 is 1.96 bits per heavy atom. The third-order valence-electron chi connectivity index (χ3n) is 3.06. The first kappa shape index (κ1) is 17.9. The number of esters is 1. The molecular weight excluding hydrogens is 377 g/mol. The molecule has 0 fully saturated rings. The second-order valence-corrected chi connectivity index (χ2v) is 5.79. The standard InChI is InChI=1S/C18H15BrFNO3/c1-12(18(23)21-15-7-4-6-14(20)11-15)24-17(22)10-9-13-5-2-3-8-16(13)19/h2-12H,1H3,(H,21,23)/b10-9+/t12-/m1/s1. The lowest BCUT2D eigenvalue weighted by molar-refractivity contribution is -0.148. The van der Waals surface area contributed by atoms with E-state index in [4.69, 9.17) is 4.74 Å². The van der Waals surface area contributed by atoms with Gasteiger partial charge in [-0.2, -0.15) is 0 Å². The summed E-state index contributed by atoms with van der Waals surface area (Å²) in [6, 6.07) is 12.8. The van der Waals surface area contributed by atoms with Gasteiger partial charge in [0, 0.05) is 16.2 Å². The third-order valence-corrected chi connectivity index (χ3v) is 3.78. The molecule has 6 heteroatoms. The van der Waals surface area contributed by atoms with Gasteiger partial charge in [0.1, 0.15) is 5.82 Å². The number of ether oxygens (including phenoxy) is 1. The molecule has 24 heavy (non-hydrogen) atoms. The number of halogens is 2. The first-order valence-electron chi connectivity index (χ1n) is 7.15. The Morgan fingerprint density at radius 1 is 1.21 bits per heavy atom. The Balaban J connectivity index is 1.91. The molecule has 4 nitrogen and oxygen atoms in total. The lowest BCUT2D eigenvalue weighted by atomic mass is 10.2. The zero-order valence-corrected chi connectivity index (χ0v) is 14.4. The number of rotatable bonds is 5. The summed E-state index contributed by atoms with van der Waals surface area (Å²) in [4.78, 5) is 23.7. The molecule has 0 spiro atoms. The van der Waals surface area contributed by atoms with E-state index in [0.29, 0.717) is 5.69 Å². The minimum atomic E-state index is -1.01. The van der Waals surface area contributed by atoms with Crippen LogP contribution in [0.4, 0.5) is 10.1 Å². The molecular formula is C18H15BrFNO3. The van der Waals surface area contributed by atoms with E-state index < -0.39 is 23.8 Å². The van der Waals surface area contributed by atoms with Crippen LogP contribution in [-0.2, 0) is 14.3 Å². The van der Waals surface area contributed by atoms with Gasteiger partial charge in [0.05, 0.1) is 0 Å². The van der Waals surface area contributed by atoms with Gasteiger partial charge in [0.15, 0.2) is 6.10 Å². The highest BCUT2D eigenvalue weighted by atomic mass is 79.9. The normalized spacial score (nSPS) is 12.0. The van der Waals surface area contributed by atoms with Crippen LogP contribution in [0.3, 0.4) is 0 Å². The maximum absolute atomic E-state index is 13.1. The number of carbonyl (C=O) groups excluding carboxylic acids is 2. The minimum absolute atomic E-state index is 0.298. The van der Waals surface area contributed by atoms with Crippen LogP contribution in [0.1, 0.15) is 12.5 Å². The van der Waals surface area contributed by atoms with Gasteiger partial charge >= 0.3 is 5.97 Å². The van der Waals surface area contributed by atoms with Gasteiger partial charge in [-0.25, -0.2) is 9.18 Å². The molecule has 124 valence electrons. The molecule has 0 aromatic heterocycles. The van der Waals surface area contributed by atoms with Gasteiger partial charge < -0.3 is 10.1 Å². The lowest BCUT2D eigenvalue weighted by Crippen LogP contribution is -2.29. The first-order chi connectivity index (χ1) is 11.5. The van der Waals surface area contributed by atoms with Crippen molar-refractivity contribution in [2.24, 2.45) is 0 Å². The maximum Gasteiger partial charge on any atom is 0.331 e.